The molecule has 1 amide bonds. The van der Waals surface area contributed by atoms with Crippen LogP contribution in [0.1, 0.15) is 11.3 Å². The molecule has 5 nitrogen and oxygen atoms in total. The second kappa shape index (κ2) is 7.09. The van der Waals surface area contributed by atoms with Crippen molar-refractivity contribution in [2.24, 2.45) is 0 Å². The van der Waals surface area contributed by atoms with E-state index in [2.05, 4.69) is 15.4 Å². The lowest BCUT2D eigenvalue weighted by atomic mass is 10.1. The van der Waals surface area contributed by atoms with Crippen molar-refractivity contribution in [1.82, 2.24) is 14.8 Å². The minimum atomic E-state index is -0.331. The number of carbonyl (C=O) groups is 1. The molecule has 4 rings (SSSR count). The molecule has 0 saturated heterocycles. The number of hydrogen-bond donors (Lipinski definition) is 1. The van der Waals surface area contributed by atoms with E-state index in [9.17, 15) is 9.18 Å². The SMILES string of the molecule is Cc1cc(NC(=O)Cc2ccc(F)cc2)n(-c2nc3c(Cl)cccc3s2)n1. The van der Waals surface area contributed by atoms with Crippen molar-refractivity contribution in [2.45, 2.75) is 13.3 Å². The number of thiazole rings is 1. The molecule has 0 unspecified atom stereocenters. The Labute approximate surface area is 163 Å². The topological polar surface area (TPSA) is 59.8 Å². The van der Waals surface area contributed by atoms with Gasteiger partial charge in [0.25, 0.3) is 0 Å². The van der Waals surface area contributed by atoms with E-state index in [1.54, 1.807) is 28.9 Å². The molecule has 136 valence electrons. The Morgan fingerprint density at radius 1 is 1.26 bits per heavy atom. The Kier molecular flexibility index (Phi) is 4.63. The highest BCUT2D eigenvalue weighted by molar-refractivity contribution is 7.20. The van der Waals surface area contributed by atoms with Crippen molar-refractivity contribution >= 4 is 44.9 Å². The Balaban J connectivity index is 1.61. The van der Waals surface area contributed by atoms with E-state index in [1.807, 2.05) is 19.1 Å². The van der Waals surface area contributed by atoms with Gasteiger partial charge in [-0.2, -0.15) is 9.78 Å². The van der Waals surface area contributed by atoms with Crippen molar-refractivity contribution in [3.63, 3.8) is 0 Å². The third-order valence-corrected chi connectivity index (χ3v) is 5.22. The number of nitrogens with one attached hydrogen (secondary N) is 1. The predicted molar refractivity (Wildman–Crippen MR) is 105 cm³/mol. The average molecular weight is 401 g/mol. The van der Waals surface area contributed by atoms with Gasteiger partial charge in [0.05, 0.1) is 21.8 Å². The minimum absolute atomic E-state index is 0.135. The predicted octanol–water partition coefficient (Wildman–Crippen LogP) is 4.76. The largest absolute Gasteiger partial charge is 0.310 e. The van der Waals surface area contributed by atoms with Crippen LogP contribution in [0, 0.1) is 12.7 Å². The van der Waals surface area contributed by atoms with Crippen molar-refractivity contribution in [3.8, 4) is 5.13 Å². The number of fused-ring (bicyclic) bond motifs is 1. The maximum absolute atomic E-state index is 13.0. The lowest BCUT2D eigenvalue weighted by Gasteiger charge is -2.06. The van der Waals surface area contributed by atoms with E-state index in [0.717, 1.165) is 16.0 Å². The zero-order valence-electron chi connectivity index (χ0n) is 14.2. The van der Waals surface area contributed by atoms with Crippen molar-refractivity contribution in [3.05, 3.63) is 70.6 Å². The quantitative estimate of drug-likeness (QED) is 0.537. The summed E-state index contributed by atoms with van der Waals surface area (Å²) in [7, 11) is 0. The number of hydrogen-bond acceptors (Lipinski definition) is 4. The van der Waals surface area contributed by atoms with Gasteiger partial charge in [0, 0.05) is 6.07 Å². The lowest BCUT2D eigenvalue weighted by molar-refractivity contribution is -0.115. The van der Waals surface area contributed by atoms with Gasteiger partial charge in [-0.1, -0.05) is 41.1 Å². The van der Waals surface area contributed by atoms with Gasteiger partial charge < -0.3 is 5.32 Å². The highest BCUT2D eigenvalue weighted by Crippen LogP contribution is 2.31. The number of nitrogens with zero attached hydrogens (tertiary/aromatic N) is 3. The summed E-state index contributed by atoms with van der Waals surface area (Å²) in [6.45, 7) is 1.84. The maximum Gasteiger partial charge on any atom is 0.229 e. The van der Waals surface area contributed by atoms with E-state index in [4.69, 9.17) is 11.6 Å². The smallest absolute Gasteiger partial charge is 0.229 e. The van der Waals surface area contributed by atoms with Gasteiger partial charge in [0.15, 0.2) is 0 Å². The average Bonchev–Trinajstić information content (AvgIpc) is 3.21. The number of anilines is 1. The molecule has 2 heterocycles. The normalized spacial score (nSPS) is 11.1. The zero-order valence-corrected chi connectivity index (χ0v) is 15.8. The molecular formula is C19H14ClFN4OS. The molecule has 4 aromatic rings. The van der Waals surface area contributed by atoms with Crippen LogP contribution in [-0.2, 0) is 11.2 Å². The fraction of sp³-hybridized carbons (Fsp3) is 0.105. The summed E-state index contributed by atoms with van der Waals surface area (Å²) >= 11 is 7.64. The first-order valence-electron chi connectivity index (χ1n) is 8.16. The molecule has 0 radical (unpaired) electrons. The van der Waals surface area contributed by atoms with E-state index in [-0.39, 0.29) is 18.1 Å². The van der Waals surface area contributed by atoms with Crippen LogP contribution in [0.15, 0.2) is 48.5 Å². The summed E-state index contributed by atoms with van der Waals surface area (Å²) in [6.07, 6.45) is 0.135. The lowest BCUT2D eigenvalue weighted by Crippen LogP contribution is -2.17. The first-order chi connectivity index (χ1) is 13.0. The van der Waals surface area contributed by atoms with E-state index < -0.39 is 0 Å². The highest BCUT2D eigenvalue weighted by Gasteiger charge is 2.15. The van der Waals surface area contributed by atoms with E-state index >= 15 is 0 Å². The summed E-state index contributed by atoms with van der Waals surface area (Å²) in [5.74, 6) is -0.0287. The number of carbonyl (C=O) groups excluding carboxylic acids is 1. The molecule has 0 aliphatic heterocycles. The van der Waals surface area contributed by atoms with Gasteiger partial charge >= 0.3 is 0 Å². The number of amides is 1. The van der Waals surface area contributed by atoms with Gasteiger partial charge in [0.1, 0.15) is 17.2 Å². The van der Waals surface area contributed by atoms with Gasteiger partial charge in [-0.3, -0.25) is 4.79 Å². The van der Waals surface area contributed by atoms with Gasteiger partial charge in [-0.25, -0.2) is 9.37 Å². The highest BCUT2D eigenvalue weighted by atomic mass is 35.5. The molecule has 8 heteroatoms. The standard InChI is InChI=1S/C19H14ClFN4OS/c1-11-9-16(22-17(26)10-12-5-7-13(21)8-6-12)25(24-11)19-23-18-14(20)3-2-4-15(18)27-19/h2-9H,10H2,1H3,(H,22,26). The zero-order chi connectivity index (χ0) is 19.0. The second-order valence-corrected chi connectivity index (χ2v) is 7.43. The number of halogens is 2. The van der Waals surface area contributed by atoms with Crippen LogP contribution in [0.2, 0.25) is 5.02 Å². The molecule has 0 aliphatic rings. The summed E-state index contributed by atoms with van der Waals surface area (Å²) in [4.78, 5) is 17.0. The van der Waals surface area contributed by atoms with Gasteiger partial charge in [0.2, 0.25) is 11.0 Å². The molecule has 0 spiro atoms. The Morgan fingerprint density at radius 2 is 2.04 bits per heavy atom. The van der Waals surface area contributed by atoms with Crippen LogP contribution in [-0.4, -0.2) is 20.7 Å². The first-order valence-corrected chi connectivity index (χ1v) is 9.35. The summed E-state index contributed by atoms with van der Waals surface area (Å²) in [5, 5.41) is 8.47. The minimum Gasteiger partial charge on any atom is -0.310 e. The van der Waals surface area contributed by atoms with Crippen LogP contribution < -0.4 is 5.32 Å². The third-order valence-electron chi connectivity index (χ3n) is 3.92. The van der Waals surface area contributed by atoms with Crippen molar-refractivity contribution in [1.29, 1.82) is 0 Å². The Hall–Kier alpha value is -2.77. The van der Waals surface area contributed by atoms with Crippen LogP contribution in [0.3, 0.4) is 0 Å². The summed E-state index contributed by atoms with van der Waals surface area (Å²) in [6, 6.07) is 13.2. The molecule has 2 aromatic heterocycles. The van der Waals surface area contributed by atoms with Crippen molar-refractivity contribution < 1.29 is 9.18 Å². The number of para-hydroxylation sites is 1. The molecule has 27 heavy (non-hydrogen) atoms. The van der Waals surface area contributed by atoms with Crippen LogP contribution >= 0.6 is 22.9 Å². The number of rotatable bonds is 4. The van der Waals surface area contributed by atoms with Gasteiger partial charge in [-0.05, 0) is 36.8 Å². The molecular weight excluding hydrogens is 387 g/mol. The van der Waals surface area contributed by atoms with Crippen LogP contribution in [0.4, 0.5) is 10.2 Å². The number of benzene rings is 2. The molecule has 0 saturated carbocycles. The molecule has 2 aromatic carbocycles. The van der Waals surface area contributed by atoms with Crippen LogP contribution in [0.25, 0.3) is 15.3 Å². The Morgan fingerprint density at radius 3 is 2.78 bits per heavy atom. The Bertz CT molecular complexity index is 1140. The first kappa shape index (κ1) is 17.6. The molecule has 1 N–H and O–H groups in total. The fourth-order valence-corrected chi connectivity index (χ4v) is 3.93. The van der Waals surface area contributed by atoms with Crippen LogP contribution in [0.5, 0.6) is 0 Å². The number of aryl methyl sites for hydroxylation is 1. The summed E-state index contributed by atoms with van der Waals surface area (Å²) < 4.78 is 15.5. The number of aromatic nitrogens is 3. The molecule has 0 bridgehead atoms. The monoisotopic (exact) mass is 400 g/mol. The molecule has 0 atom stereocenters. The molecule has 0 aliphatic carbocycles. The summed E-state index contributed by atoms with van der Waals surface area (Å²) in [5.41, 5.74) is 2.18. The fourth-order valence-electron chi connectivity index (χ4n) is 2.70. The third kappa shape index (κ3) is 3.70. The van der Waals surface area contributed by atoms with Gasteiger partial charge in [-0.15, -0.1) is 0 Å². The van der Waals surface area contributed by atoms with E-state index in [1.165, 1.54) is 23.5 Å². The maximum atomic E-state index is 13.0. The molecule has 0 fully saturated rings. The van der Waals surface area contributed by atoms with Crippen molar-refractivity contribution in [2.75, 3.05) is 5.32 Å². The second-order valence-electron chi connectivity index (χ2n) is 6.02. The van der Waals surface area contributed by atoms with E-state index in [0.29, 0.717) is 21.5 Å².